The summed E-state index contributed by atoms with van der Waals surface area (Å²) in [6.07, 6.45) is 3.23. The number of carbonyl (C=O) groups excluding carboxylic acids is 1. The van der Waals surface area contributed by atoms with Gasteiger partial charge in [0.25, 0.3) is 0 Å². The minimum Gasteiger partial charge on any atom is -0.452 e. The summed E-state index contributed by atoms with van der Waals surface area (Å²) in [6.45, 7) is 1.27. The van der Waals surface area contributed by atoms with Gasteiger partial charge in [-0.25, -0.2) is 4.79 Å². The number of hydrogen-bond acceptors (Lipinski definition) is 4. The van der Waals surface area contributed by atoms with Crippen LogP contribution in [0.25, 0.3) is 0 Å². The van der Waals surface area contributed by atoms with Gasteiger partial charge in [0.2, 0.25) is 0 Å². The average Bonchev–Trinajstić information content (AvgIpc) is 2.63. The Bertz CT molecular complexity index is 296. The second kappa shape index (κ2) is 3.01. The molecule has 0 saturated carbocycles. The van der Waals surface area contributed by atoms with Crippen LogP contribution in [0, 0.1) is 0 Å². The first-order valence-electron chi connectivity index (χ1n) is 4.05. The Morgan fingerprint density at radius 3 is 3.23 bits per heavy atom. The van der Waals surface area contributed by atoms with Crippen LogP contribution in [0.5, 0.6) is 0 Å². The third kappa shape index (κ3) is 1.32. The molecule has 0 aromatic heterocycles. The van der Waals surface area contributed by atoms with Gasteiger partial charge in [-0.1, -0.05) is 0 Å². The van der Waals surface area contributed by atoms with E-state index in [2.05, 4.69) is 15.4 Å². The first-order chi connectivity index (χ1) is 6.31. The summed E-state index contributed by atoms with van der Waals surface area (Å²) >= 11 is 0. The molecule has 0 atom stereocenters. The maximum absolute atomic E-state index is 11.1. The molecule has 0 bridgehead atoms. The van der Waals surface area contributed by atoms with Gasteiger partial charge in [0.1, 0.15) is 0 Å². The average molecular weight is 181 g/mol. The second-order valence-corrected chi connectivity index (χ2v) is 2.84. The molecular formula is C8H11N3O2. The highest BCUT2D eigenvalue weighted by molar-refractivity contribution is 5.69. The lowest BCUT2D eigenvalue weighted by atomic mass is 10.2. The largest absolute Gasteiger partial charge is 0.452 e. The van der Waals surface area contributed by atoms with Gasteiger partial charge in [-0.2, -0.15) is 0 Å². The molecule has 0 fully saturated rings. The van der Waals surface area contributed by atoms with E-state index in [0.717, 1.165) is 18.1 Å². The van der Waals surface area contributed by atoms with Crippen LogP contribution in [-0.4, -0.2) is 31.3 Å². The summed E-state index contributed by atoms with van der Waals surface area (Å²) in [5.74, 6) is 0. The van der Waals surface area contributed by atoms with Crippen molar-refractivity contribution in [2.45, 2.75) is 0 Å². The number of hydrogen-bond donors (Lipinski definition) is 2. The molecule has 0 aromatic rings. The minimum atomic E-state index is -0.337. The number of ether oxygens (including phenoxy) is 1. The van der Waals surface area contributed by atoms with Crippen molar-refractivity contribution in [3.8, 4) is 0 Å². The van der Waals surface area contributed by atoms with E-state index < -0.39 is 0 Å². The summed E-state index contributed by atoms with van der Waals surface area (Å²) in [5.41, 5.74) is 2.09. The Hall–Kier alpha value is -1.65. The van der Waals surface area contributed by atoms with Gasteiger partial charge >= 0.3 is 6.09 Å². The number of carbonyl (C=O) groups is 1. The van der Waals surface area contributed by atoms with Crippen LogP contribution in [0.3, 0.4) is 0 Å². The molecular weight excluding hydrogens is 170 g/mol. The van der Waals surface area contributed by atoms with Crippen molar-refractivity contribution < 1.29 is 9.53 Å². The molecule has 0 unspecified atom stereocenters. The van der Waals surface area contributed by atoms with Crippen LogP contribution in [0.1, 0.15) is 0 Å². The topological polar surface area (TPSA) is 53.6 Å². The van der Waals surface area contributed by atoms with E-state index in [-0.39, 0.29) is 6.09 Å². The molecule has 2 heterocycles. The summed E-state index contributed by atoms with van der Waals surface area (Å²) in [7, 11) is 1.38. The Labute approximate surface area is 76.0 Å². The van der Waals surface area contributed by atoms with E-state index in [1.54, 1.807) is 6.20 Å². The quantitative estimate of drug-likeness (QED) is 0.550. The van der Waals surface area contributed by atoms with E-state index in [1.165, 1.54) is 12.0 Å². The van der Waals surface area contributed by atoms with Crippen molar-refractivity contribution in [3.05, 3.63) is 23.7 Å². The molecule has 5 heteroatoms. The molecule has 0 aliphatic carbocycles. The third-order valence-electron chi connectivity index (χ3n) is 2.06. The lowest BCUT2D eigenvalue weighted by Gasteiger charge is -2.20. The highest BCUT2D eigenvalue weighted by Crippen LogP contribution is 2.14. The standard InChI is InChI=1S/C8H11N3O2/c1-13-8(12)11-3-2-6-7(4-11)10-5-9-6/h2-3,9-10H,4-5H2,1H3. The summed E-state index contributed by atoms with van der Waals surface area (Å²) in [4.78, 5) is 12.6. The molecule has 2 aliphatic heterocycles. The van der Waals surface area contributed by atoms with Crippen LogP contribution in [0.15, 0.2) is 23.7 Å². The monoisotopic (exact) mass is 181 g/mol. The normalized spacial score (nSPS) is 19.3. The highest BCUT2D eigenvalue weighted by Gasteiger charge is 2.21. The predicted molar refractivity (Wildman–Crippen MR) is 46.4 cm³/mol. The zero-order valence-electron chi connectivity index (χ0n) is 7.33. The van der Waals surface area contributed by atoms with Gasteiger partial charge < -0.3 is 15.4 Å². The first kappa shape index (κ1) is 7.97. The van der Waals surface area contributed by atoms with Crippen molar-refractivity contribution in [2.24, 2.45) is 0 Å². The Morgan fingerprint density at radius 2 is 2.46 bits per heavy atom. The number of allylic oxidation sites excluding steroid dienone is 1. The number of rotatable bonds is 0. The number of nitrogens with one attached hydrogen (secondary N) is 2. The van der Waals surface area contributed by atoms with Crippen LogP contribution >= 0.6 is 0 Å². The third-order valence-corrected chi connectivity index (χ3v) is 2.06. The van der Waals surface area contributed by atoms with Crippen molar-refractivity contribution in [3.63, 3.8) is 0 Å². The summed E-state index contributed by atoms with van der Waals surface area (Å²) in [6, 6.07) is 0. The molecule has 70 valence electrons. The van der Waals surface area contributed by atoms with Crippen LogP contribution in [0.2, 0.25) is 0 Å². The first-order valence-corrected chi connectivity index (χ1v) is 4.05. The Morgan fingerprint density at radius 1 is 1.62 bits per heavy atom. The van der Waals surface area contributed by atoms with Gasteiger partial charge in [-0.3, -0.25) is 4.90 Å². The van der Waals surface area contributed by atoms with Crippen molar-refractivity contribution in [1.29, 1.82) is 0 Å². The SMILES string of the molecule is COC(=O)N1C=CC2=C(C1)NCN2. The number of methoxy groups -OCH3 is 1. The Balaban J connectivity index is 2.09. The van der Waals surface area contributed by atoms with Crippen molar-refractivity contribution >= 4 is 6.09 Å². The fourth-order valence-electron chi connectivity index (χ4n) is 1.38. The molecule has 1 amide bonds. The predicted octanol–water partition coefficient (Wildman–Crippen LogP) is -0.0560. The van der Waals surface area contributed by atoms with E-state index >= 15 is 0 Å². The van der Waals surface area contributed by atoms with E-state index in [4.69, 9.17) is 0 Å². The number of nitrogens with zero attached hydrogens (tertiary/aromatic N) is 1. The molecule has 2 rings (SSSR count). The second-order valence-electron chi connectivity index (χ2n) is 2.84. The lowest BCUT2D eigenvalue weighted by Crippen LogP contribution is -2.32. The fourth-order valence-corrected chi connectivity index (χ4v) is 1.38. The fraction of sp³-hybridized carbons (Fsp3) is 0.375. The number of amides is 1. The van der Waals surface area contributed by atoms with Crippen molar-refractivity contribution in [2.75, 3.05) is 20.3 Å². The highest BCUT2D eigenvalue weighted by atomic mass is 16.5. The van der Waals surface area contributed by atoms with Crippen LogP contribution < -0.4 is 10.6 Å². The smallest absolute Gasteiger partial charge is 0.413 e. The summed E-state index contributed by atoms with van der Waals surface area (Å²) < 4.78 is 4.60. The van der Waals surface area contributed by atoms with Crippen molar-refractivity contribution in [1.82, 2.24) is 15.5 Å². The zero-order chi connectivity index (χ0) is 9.26. The van der Waals surface area contributed by atoms with Gasteiger partial charge in [0.05, 0.1) is 31.7 Å². The van der Waals surface area contributed by atoms with E-state index in [0.29, 0.717) is 6.54 Å². The van der Waals surface area contributed by atoms with Crippen LogP contribution in [-0.2, 0) is 4.74 Å². The Kier molecular flexibility index (Phi) is 1.84. The molecule has 13 heavy (non-hydrogen) atoms. The van der Waals surface area contributed by atoms with E-state index in [9.17, 15) is 4.79 Å². The summed E-state index contributed by atoms with van der Waals surface area (Å²) in [5, 5.41) is 6.27. The van der Waals surface area contributed by atoms with Gasteiger partial charge in [0.15, 0.2) is 0 Å². The van der Waals surface area contributed by atoms with E-state index in [1.807, 2.05) is 6.08 Å². The van der Waals surface area contributed by atoms with Gasteiger partial charge in [-0.05, 0) is 6.08 Å². The van der Waals surface area contributed by atoms with Gasteiger partial charge in [0, 0.05) is 6.20 Å². The molecule has 0 aromatic carbocycles. The van der Waals surface area contributed by atoms with Crippen LogP contribution in [0.4, 0.5) is 4.79 Å². The van der Waals surface area contributed by atoms with Gasteiger partial charge in [-0.15, -0.1) is 0 Å². The molecule has 0 spiro atoms. The molecule has 5 nitrogen and oxygen atoms in total. The zero-order valence-corrected chi connectivity index (χ0v) is 7.33. The molecule has 2 N–H and O–H groups in total. The molecule has 0 saturated heterocycles. The molecule has 2 aliphatic rings. The maximum atomic E-state index is 11.1. The minimum absolute atomic E-state index is 0.337. The lowest BCUT2D eigenvalue weighted by molar-refractivity contribution is 0.142. The molecule has 0 radical (unpaired) electrons. The maximum Gasteiger partial charge on any atom is 0.413 e.